The molecule has 0 spiro atoms. The van der Waals surface area contributed by atoms with Crippen LogP contribution < -0.4 is 0 Å². The Morgan fingerprint density at radius 1 is 1.00 bits per heavy atom. The van der Waals surface area contributed by atoms with Crippen LogP contribution in [-0.4, -0.2) is 17.1 Å². The molecule has 3 heteroatoms. The van der Waals surface area contributed by atoms with Crippen molar-refractivity contribution in [3.63, 3.8) is 0 Å². The van der Waals surface area contributed by atoms with E-state index in [0.29, 0.717) is 16.9 Å². The highest BCUT2D eigenvalue weighted by molar-refractivity contribution is 5.89. The molecule has 3 fully saturated rings. The van der Waals surface area contributed by atoms with Crippen molar-refractivity contribution in [3.8, 4) is 0 Å². The van der Waals surface area contributed by atoms with Crippen LogP contribution in [0.2, 0.25) is 0 Å². The first-order chi connectivity index (χ1) is 16.9. The number of rotatable bonds is 3. The number of ether oxygens (including phenoxy) is 1. The van der Waals surface area contributed by atoms with Gasteiger partial charge in [0.25, 0.3) is 0 Å². The number of carbonyl (C=O) groups excluding carboxylic acids is 1. The van der Waals surface area contributed by atoms with Gasteiger partial charge in [0.05, 0.1) is 5.56 Å². The van der Waals surface area contributed by atoms with Gasteiger partial charge in [-0.2, -0.15) is 0 Å². The molecule has 1 aromatic carbocycles. The van der Waals surface area contributed by atoms with E-state index in [2.05, 4.69) is 43.2 Å². The summed E-state index contributed by atoms with van der Waals surface area (Å²) in [5.41, 5.74) is 5.39. The summed E-state index contributed by atoms with van der Waals surface area (Å²) < 4.78 is 6.04. The van der Waals surface area contributed by atoms with Crippen molar-refractivity contribution >= 4 is 11.5 Å². The molecule has 2 aromatic rings. The number of fused-ring (bicyclic) bond motifs is 5. The van der Waals surface area contributed by atoms with Crippen molar-refractivity contribution in [3.05, 3.63) is 71.6 Å². The van der Waals surface area contributed by atoms with E-state index < -0.39 is 0 Å². The third kappa shape index (κ3) is 3.77. The first-order valence-electron chi connectivity index (χ1n) is 13.8. The molecule has 0 N–H and O–H groups in total. The van der Waals surface area contributed by atoms with Gasteiger partial charge in [0, 0.05) is 12.4 Å². The Bertz CT molecular complexity index is 1120. The van der Waals surface area contributed by atoms with Gasteiger partial charge in [0.15, 0.2) is 0 Å². The zero-order valence-electron chi connectivity index (χ0n) is 21.5. The van der Waals surface area contributed by atoms with Gasteiger partial charge in [-0.15, -0.1) is 0 Å². The summed E-state index contributed by atoms with van der Waals surface area (Å²) in [7, 11) is 0. The van der Waals surface area contributed by atoms with Crippen LogP contribution in [0, 0.1) is 41.4 Å². The second-order valence-electron chi connectivity index (χ2n) is 12.4. The van der Waals surface area contributed by atoms with Crippen LogP contribution in [0.5, 0.6) is 0 Å². The summed E-state index contributed by atoms with van der Waals surface area (Å²) in [5, 5.41) is 0. The first kappa shape index (κ1) is 23.0. The Labute approximate surface area is 210 Å². The third-order valence-electron chi connectivity index (χ3n) is 10.7. The topological polar surface area (TPSA) is 39.2 Å². The molecule has 1 aromatic heterocycles. The van der Waals surface area contributed by atoms with E-state index in [9.17, 15) is 4.79 Å². The second-order valence-corrected chi connectivity index (χ2v) is 12.4. The number of aryl methyl sites for hydroxylation is 1. The molecule has 0 saturated heterocycles. The Kier molecular flexibility index (Phi) is 5.66. The molecular weight excluding hydrogens is 430 g/mol. The highest BCUT2D eigenvalue weighted by Gasteiger charge is 2.58. The van der Waals surface area contributed by atoms with Gasteiger partial charge in [-0.1, -0.05) is 43.7 Å². The molecule has 0 radical (unpaired) electrons. The molecule has 6 rings (SSSR count). The van der Waals surface area contributed by atoms with E-state index in [0.717, 1.165) is 30.6 Å². The van der Waals surface area contributed by atoms with E-state index in [1.54, 1.807) is 5.57 Å². The summed E-state index contributed by atoms with van der Waals surface area (Å²) in [4.78, 5) is 17.2. The Balaban J connectivity index is 1.15. The minimum Gasteiger partial charge on any atom is -0.459 e. The fraction of sp³-hybridized carbons (Fsp3) is 0.562. The molecule has 0 amide bonds. The van der Waals surface area contributed by atoms with Crippen LogP contribution in [-0.2, 0) is 4.74 Å². The standard InChI is InChI=1S/C32H39NO2/c1-21-6-8-22(9-7-21)30(34)35-25-14-16-31(2)24(19-25)10-11-26-28-13-12-27(23-5-4-18-33-20-23)32(28,3)17-15-29(26)31/h4-9,12,18,20,24-26,28-29H,10-11,13-17,19H2,1-3H3/t24-,25+,26?,28?,29?,31+,32-/m1/s1. The summed E-state index contributed by atoms with van der Waals surface area (Å²) in [6, 6.07) is 12.1. The van der Waals surface area contributed by atoms with Crippen LogP contribution in [0.15, 0.2) is 54.9 Å². The number of esters is 1. The van der Waals surface area contributed by atoms with Gasteiger partial charge >= 0.3 is 5.97 Å². The van der Waals surface area contributed by atoms with E-state index >= 15 is 0 Å². The van der Waals surface area contributed by atoms with Crippen molar-refractivity contribution in [2.24, 2.45) is 34.5 Å². The normalized spacial score (nSPS) is 38.0. The van der Waals surface area contributed by atoms with Gasteiger partial charge in [0.1, 0.15) is 6.10 Å². The van der Waals surface area contributed by atoms with Gasteiger partial charge in [0.2, 0.25) is 0 Å². The number of benzene rings is 1. The zero-order valence-corrected chi connectivity index (χ0v) is 21.5. The maximum absolute atomic E-state index is 12.8. The lowest BCUT2D eigenvalue weighted by atomic mass is 9.44. The molecule has 4 aliphatic carbocycles. The predicted molar refractivity (Wildman–Crippen MR) is 140 cm³/mol. The molecule has 3 unspecified atom stereocenters. The van der Waals surface area contributed by atoms with Crippen LogP contribution in [0.3, 0.4) is 0 Å². The molecule has 3 nitrogen and oxygen atoms in total. The Morgan fingerprint density at radius 3 is 2.60 bits per heavy atom. The largest absolute Gasteiger partial charge is 0.459 e. The molecule has 184 valence electrons. The summed E-state index contributed by atoms with van der Waals surface area (Å²) >= 11 is 0. The minimum atomic E-state index is -0.152. The average molecular weight is 470 g/mol. The number of hydrogen-bond donors (Lipinski definition) is 0. The number of hydrogen-bond acceptors (Lipinski definition) is 3. The number of nitrogens with zero attached hydrogens (tertiary/aromatic N) is 1. The molecular formula is C32H39NO2. The van der Waals surface area contributed by atoms with Crippen LogP contribution in [0.1, 0.15) is 86.7 Å². The summed E-state index contributed by atoms with van der Waals surface area (Å²) in [6.45, 7) is 7.16. The van der Waals surface area contributed by atoms with Gasteiger partial charge in [-0.05, 0) is 122 Å². The SMILES string of the molecule is Cc1ccc(C(=O)O[C@H]2CC[C@]3(C)C4CC[C@]5(C)C(c6cccnc6)=CCC5C4CC[C@@H]3C2)cc1. The molecule has 0 aliphatic heterocycles. The molecule has 0 bridgehead atoms. The number of pyridine rings is 1. The van der Waals surface area contributed by atoms with Gasteiger partial charge in [-0.25, -0.2) is 4.79 Å². The van der Waals surface area contributed by atoms with E-state index in [-0.39, 0.29) is 17.5 Å². The molecule has 7 atom stereocenters. The minimum absolute atomic E-state index is 0.0672. The highest BCUT2D eigenvalue weighted by Crippen LogP contribution is 2.67. The highest BCUT2D eigenvalue weighted by atomic mass is 16.5. The van der Waals surface area contributed by atoms with E-state index in [1.165, 1.54) is 49.7 Å². The molecule has 35 heavy (non-hydrogen) atoms. The molecule has 4 aliphatic rings. The first-order valence-corrected chi connectivity index (χ1v) is 13.8. The summed E-state index contributed by atoms with van der Waals surface area (Å²) in [6.07, 6.45) is 16.2. The lowest BCUT2D eigenvalue weighted by molar-refractivity contribution is -0.117. The van der Waals surface area contributed by atoms with E-state index in [1.807, 2.05) is 37.4 Å². The monoisotopic (exact) mass is 469 g/mol. The number of allylic oxidation sites excluding steroid dienone is 2. The van der Waals surface area contributed by atoms with Crippen molar-refractivity contribution in [2.45, 2.75) is 78.2 Å². The average Bonchev–Trinajstić information content (AvgIpc) is 3.22. The Hall–Kier alpha value is -2.42. The zero-order chi connectivity index (χ0) is 24.2. The second kappa shape index (κ2) is 8.61. The third-order valence-corrected chi connectivity index (χ3v) is 10.7. The molecule has 3 saturated carbocycles. The van der Waals surface area contributed by atoms with Crippen molar-refractivity contribution in [2.75, 3.05) is 0 Å². The van der Waals surface area contributed by atoms with Crippen molar-refractivity contribution in [1.29, 1.82) is 0 Å². The maximum Gasteiger partial charge on any atom is 0.338 e. The van der Waals surface area contributed by atoms with Crippen LogP contribution in [0.25, 0.3) is 5.57 Å². The van der Waals surface area contributed by atoms with Gasteiger partial charge in [-0.3, -0.25) is 4.98 Å². The van der Waals surface area contributed by atoms with Gasteiger partial charge < -0.3 is 4.74 Å². The van der Waals surface area contributed by atoms with Crippen molar-refractivity contribution in [1.82, 2.24) is 4.98 Å². The quantitative estimate of drug-likeness (QED) is 0.433. The fourth-order valence-corrected chi connectivity index (χ4v) is 8.77. The summed E-state index contributed by atoms with van der Waals surface area (Å²) in [5.74, 6) is 2.89. The van der Waals surface area contributed by atoms with Crippen LogP contribution in [0.4, 0.5) is 0 Å². The smallest absolute Gasteiger partial charge is 0.338 e. The maximum atomic E-state index is 12.8. The molecule has 1 heterocycles. The van der Waals surface area contributed by atoms with Crippen molar-refractivity contribution < 1.29 is 9.53 Å². The lowest BCUT2D eigenvalue weighted by Crippen LogP contribution is -2.53. The van der Waals surface area contributed by atoms with E-state index in [4.69, 9.17) is 4.74 Å². The van der Waals surface area contributed by atoms with Crippen LogP contribution >= 0.6 is 0 Å². The Morgan fingerprint density at radius 2 is 1.83 bits per heavy atom. The fourth-order valence-electron chi connectivity index (χ4n) is 8.77. The predicted octanol–water partition coefficient (Wildman–Crippen LogP) is 7.65. The number of aromatic nitrogens is 1. The number of carbonyl (C=O) groups is 1. The lowest BCUT2D eigenvalue weighted by Gasteiger charge is -2.60.